The first-order chi connectivity index (χ1) is 11.0. The Morgan fingerprint density at radius 3 is 2.87 bits per heavy atom. The lowest BCUT2D eigenvalue weighted by Gasteiger charge is -2.07. The standard InChI is InChI=1S/C15H19ClN6S/c1-8(17)6-11-9(2)12-13(23-11)14(21-15(16)20-12)18-7-10-4-5-19-22(10)3/h4-5,8H,6-7,17H2,1-3H3,(H,18,20,21). The number of nitrogens with two attached hydrogens (primary N) is 1. The van der Waals surface area contributed by atoms with Gasteiger partial charge in [0.15, 0.2) is 0 Å². The summed E-state index contributed by atoms with van der Waals surface area (Å²) >= 11 is 7.78. The molecular formula is C15H19ClN6S. The molecule has 0 radical (unpaired) electrons. The summed E-state index contributed by atoms with van der Waals surface area (Å²) in [5.41, 5.74) is 9.04. The molecule has 3 N–H and O–H groups in total. The van der Waals surface area contributed by atoms with Crippen LogP contribution in [0, 0.1) is 6.92 Å². The average molecular weight is 351 g/mol. The molecule has 23 heavy (non-hydrogen) atoms. The summed E-state index contributed by atoms with van der Waals surface area (Å²) in [6.45, 7) is 4.69. The molecule has 0 fully saturated rings. The summed E-state index contributed by atoms with van der Waals surface area (Å²) in [4.78, 5) is 9.98. The van der Waals surface area contributed by atoms with Crippen LogP contribution in [0.1, 0.15) is 23.1 Å². The van der Waals surface area contributed by atoms with E-state index < -0.39 is 0 Å². The number of nitrogens with zero attached hydrogens (tertiary/aromatic N) is 4. The van der Waals surface area contributed by atoms with Crippen LogP contribution in [0.2, 0.25) is 5.28 Å². The van der Waals surface area contributed by atoms with Crippen molar-refractivity contribution < 1.29 is 0 Å². The highest BCUT2D eigenvalue weighted by molar-refractivity contribution is 7.19. The minimum atomic E-state index is 0.107. The van der Waals surface area contributed by atoms with Crippen LogP contribution in [0.25, 0.3) is 10.2 Å². The number of rotatable bonds is 5. The van der Waals surface area contributed by atoms with Gasteiger partial charge < -0.3 is 11.1 Å². The molecule has 3 aromatic rings. The van der Waals surface area contributed by atoms with Crippen molar-refractivity contribution in [2.75, 3.05) is 5.32 Å². The predicted molar refractivity (Wildman–Crippen MR) is 95.1 cm³/mol. The van der Waals surface area contributed by atoms with Crippen molar-refractivity contribution in [3.8, 4) is 0 Å². The molecule has 0 spiro atoms. The number of hydrogen-bond donors (Lipinski definition) is 2. The van der Waals surface area contributed by atoms with E-state index >= 15 is 0 Å². The first-order valence-electron chi connectivity index (χ1n) is 7.37. The van der Waals surface area contributed by atoms with Crippen LogP contribution in [0.3, 0.4) is 0 Å². The molecule has 1 atom stereocenters. The fourth-order valence-electron chi connectivity index (χ4n) is 2.46. The van der Waals surface area contributed by atoms with Crippen LogP contribution >= 0.6 is 22.9 Å². The molecule has 3 rings (SSSR count). The second-order valence-electron chi connectivity index (χ2n) is 5.65. The van der Waals surface area contributed by atoms with Crippen molar-refractivity contribution in [1.82, 2.24) is 19.7 Å². The fraction of sp³-hybridized carbons (Fsp3) is 0.400. The summed E-state index contributed by atoms with van der Waals surface area (Å²) in [5.74, 6) is 0.755. The number of aromatic nitrogens is 4. The molecule has 3 heterocycles. The smallest absolute Gasteiger partial charge is 0.224 e. The van der Waals surface area contributed by atoms with Gasteiger partial charge in [0, 0.05) is 24.2 Å². The maximum Gasteiger partial charge on any atom is 0.224 e. The molecule has 1 unspecified atom stereocenters. The number of thiophene rings is 1. The van der Waals surface area contributed by atoms with E-state index in [4.69, 9.17) is 17.3 Å². The summed E-state index contributed by atoms with van der Waals surface area (Å²) < 4.78 is 2.85. The Labute approximate surface area is 143 Å². The highest BCUT2D eigenvalue weighted by Crippen LogP contribution is 2.35. The van der Waals surface area contributed by atoms with Crippen LogP contribution < -0.4 is 11.1 Å². The Balaban J connectivity index is 1.97. The molecule has 0 aromatic carbocycles. The maximum absolute atomic E-state index is 6.10. The van der Waals surface area contributed by atoms with E-state index in [2.05, 4.69) is 27.3 Å². The Morgan fingerprint density at radius 2 is 2.22 bits per heavy atom. The van der Waals surface area contributed by atoms with Gasteiger partial charge in [0.1, 0.15) is 5.82 Å². The van der Waals surface area contributed by atoms with Crippen molar-refractivity contribution in [1.29, 1.82) is 0 Å². The Bertz CT molecular complexity index is 838. The van der Waals surface area contributed by atoms with Crippen molar-refractivity contribution >= 4 is 39.0 Å². The van der Waals surface area contributed by atoms with Gasteiger partial charge in [0.25, 0.3) is 0 Å². The van der Waals surface area contributed by atoms with Crippen LogP contribution in [0.4, 0.5) is 5.82 Å². The number of aryl methyl sites for hydroxylation is 2. The lowest BCUT2D eigenvalue weighted by Crippen LogP contribution is -2.17. The molecule has 122 valence electrons. The zero-order chi connectivity index (χ0) is 16.6. The summed E-state index contributed by atoms with van der Waals surface area (Å²) in [6, 6.07) is 2.07. The monoisotopic (exact) mass is 350 g/mol. The Morgan fingerprint density at radius 1 is 1.43 bits per heavy atom. The third-order valence-electron chi connectivity index (χ3n) is 3.70. The first-order valence-corrected chi connectivity index (χ1v) is 8.57. The van der Waals surface area contributed by atoms with Crippen LogP contribution in [-0.4, -0.2) is 25.8 Å². The van der Waals surface area contributed by atoms with Gasteiger partial charge >= 0.3 is 0 Å². The van der Waals surface area contributed by atoms with E-state index in [9.17, 15) is 0 Å². The largest absolute Gasteiger partial charge is 0.363 e. The zero-order valence-electron chi connectivity index (χ0n) is 13.3. The molecule has 0 aliphatic rings. The summed E-state index contributed by atoms with van der Waals surface area (Å²) in [5, 5.41) is 7.76. The van der Waals surface area contributed by atoms with E-state index in [1.54, 1.807) is 17.5 Å². The lowest BCUT2D eigenvalue weighted by atomic mass is 10.1. The van der Waals surface area contributed by atoms with E-state index in [0.717, 1.165) is 33.7 Å². The number of halogens is 1. The molecular weight excluding hydrogens is 332 g/mol. The molecule has 0 aliphatic carbocycles. The quantitative estimate of drug-likeness (QED) is 0.691. The predicted octanol–water partition coefficient (Wildman–Crippen LogP) is 2.89. The fourth-order valence-corrected chi connectivity index (χ4v) is 3.98. The normalized spacial score (nSPS) is 12.7. The second kappa shape index (κ2) is 6.43. The second-order valence-corrected chi connectivity index (χ2v) is 7.09. The average Bonchev–Trinajstić information content (AvgIpc) is 3.02. The van der Waals surface area contributed by atoms with E-state index in [1.807, 2.05) is 24.7 Å². The Kier molecular flexibility index (Phi) is 4.52. The SMILES string of the molecule is Cc1c(CC(C)N)sc2c(NCc3ccnn3C)nc(Cl)nc12. The van der Waals surface area contributed by atoms with Gasteiger partial charge in [0.2, 0.25) is 5.28 Å². The Hall–Kier alpha value is -1.70. The van der Waals surface area contributed by atoms with Gasteiger partial charge in [0.05, 0.1) is 22.5 Å². The third-order valence-corrected chi connectivity index (χ3v) is 5.18. The number of fused-ring (bicyclic) bond motifs is 1. The number of anilines is 1. The molecule has 0 aliphatic heterocycles. The van der Waals surface area contributed by atoms with Crippen molar-refractivity contribution in [3.63, 3.8) is 0 Å². The van der Waals surface area contributed by atoms with Crippen LogP contribution in [0.15, 0.2) is 12.3 Å². The topological polar surface area (TPSA) is 81.6 Å². The van der Waals surface area contributed by atoms with E-state index in [-0.39, 0.29) is 11.3 Å². The lowest BCUT2D eigenvalue weighted by molar-refractivity contribution is 0.720. The van der Waals surface area contributed by atoms with Gasteiger partial charge in [-0.1, -0.05) is 0 Å². The number of nitrogens with one attached hydrogen (secondary N) is 1. The minimum Gasteiger partial charge on any atom is -0.363 e. The van der Waals surface area contributed by atoms with Gasteiger partial charge in [-0.05, 0) is 43.5 Å². The minimum absolute atomic E-state index is 0.107. The molecule has 8 heteroatoms. The van der Waals surface area contributed by atoms with Crippen molar-refractivity contribution in [2.24, 2.45) is 12.8 Å². The van der Waals surface area contributed by atoms with Crippen molar-refractivity contribution in [3.05, 3.63) is 33.7 Å². The van der Waals surface area contributed by atoms with Crippen molar-refractivity contribution in [2.45, 2.75) is 32.9 Å². The molecule has 0 saturated carbocycles. The maximum atomic E-state index is 6.10. The highest BCUT2D eigenvalue weighted by atomic mass is 35.5. The highest BCUT2D eigenvalue weighted by Gasteiger charge is 2.16. The van der Waals surface area contributed by atoms with Gasteiger partial charge in [-0.3, -0.25) is 4.68 Å². The third kappa shape index (κ3) is 3.31. The first kappa shape index (κ1) is 16.2. The molecule has 3 aromatic heterocycles. The van der Waals surface area contributed by atoms with Crippen LogP contribution in [-0.2, 0) is 20.0 Å². The molecule has 0 amide bonds. The number of hydrogen-bond acceptors (Lipinski definition) is 6. The van der Waals surface area contributed by atoms with E-state index in [0.29, 0.717) is 6.54 Å². The molecule has 6 nitrogen and oxygen atoms in total. The van der Waals surface area contributed by atoms with E-state index in [1.165, 1.54) is 4.88 Å². The summed E-state index contributed by atoms with van der Waals surface area (Å²) in [6.07, 6.45) is 2.60. The van der Waals surface area contributed by atoms with Gasteiger partial charge in [-0.2, -0.15) is 10.1 Å². The molecule has 0 bridgehead atoms. The van der Waals surface area contributed by atoms with Gasteiger partial charge in [-0.25, -0.2) is 4.98 Å². The zero-order valence-corrected chi connectivity index (χ0v) is 14.9. The van der Waals surface area contributed by atoms with Crippen LogP contribution in [0.5, 0.6) is 0 Å². The molecule has 0 saturated heterocycles. The van der Waals surface area contributed by atoms with Gasteiger partial charge in [-0.15, -0.1) is 11.3 Å². The summed E-state index contributed by atoms with van der Waals surface area (Å²) in [7, 11) is 1.91.